The van der Waals surface area contributed by atoms with Crippen LogP contribution in [0.1, 0.15) is 15.9 Å². The second kappa shape index (κ2) is 3.97. The first-order chi connectivity index (χ1) is 7.97. The molecule has 1 aliphatic heterocycles. The van der Waals surface area contributed by atoms with Gasteiger partial charge in [0.05, 0.1) is 10.5 Å². The quantitative estimate of drug-likeness (QED) is 0.829. The molecule has 1 aliphatic rings. The van der Waals surface area contributed by atoms with Gasteiger partial charge in [-0.1, -0.05) is 6.07 Å². The van der Waals surface area contributed by atoms with Crippen LogP contribution in [0.5, 0.6) is 0 Å². The lowest BCUT2D eigenvalue weighted by Crippen LogP contribution is -2.11. The fourth-order valence-electron chi connectivity index (χ4n) is 1.91. The molecule has 1 aromatic rings. The lowest BCUT2D eigenvalue weighted by molar-refractivity contribution is 0.0696. The van der Waals surface area contributed by atoms with Crippen molar-refractivity contribution in [2.75, 3.05) is 13.6 Å². The van der Waals surface area contributed by atoms with E-state index in [2.05, 4.69) is 5.32 Å². The maximum Gasteiger partial charge on any atom is 0.336 e. The molecule has 0 aliphatic carbocycles. The molecule has 0 bridgehead atoms. The number of carboxylic acids is 1. The van der Waals surface area contributed by atoms with E-state index in [4.69, 9.17) is 5.11 Å². The summed E-state index contributed by atoms with van der Waals surface area (Å²) in [6, 6.07) is 4.28. The zero-order chi connectivity index (χ0) is 12.6. The van der Waals surface area contributed by atoms with Gasteiger partial charge in [0.25, 0.3) is 0 Å². The smallest absolute Gasteiger partial charge is 0.336 e. The Morgan fingerprint density at radius 3 is 2.71 bits per heavy atom. The van der Waals surface area contributed by atoms with Gasteiger partial charge >= 0.3 is 5.97 Å². The predicted octanol–water partition coefficient (Wildman–Crippen LogP) is 0.732. The lowest BCUT2D eigenvalue weighted by Gasteiger charge is -2.07. The topological polar surface area (TPSA) is 83.5 Å². The molecule has 0 radical (unpaired) electrons. The van der Waals surface area contributed by atoms with Crippen LogP contribution in [0, 0.1) is 0 Å². The molecule has 0 saturated carbocycles. The molecule has 0 spiro atoms. The summed E-state index contributed by atoms with van der Waals surface area (Å²) in [5.74, 6) is -1.12. The number of hydrogen-bond acceptors (Lipinski definition) is 4. The van der Waals surface area contributed by atoms with Crippen molar-refractivity contribution >= 4 is 21.4 Å². The molecule has 0 unspecified atom stereocenters. The first-order valence-electron chi connectivity index (χ1n) is 4.94. The summed E-state index contributed by atoms with van der Waals surface area (Å²) in [6.45, 7) is 0.316. The largest absolute Gasteiger partial charge is 0.478 e. The molecule has 6 heteroatoms. The Balaban J connectivity index is 2.74. The minimum Gasteiger partial charge on any atom is -0.478 e. The van der Waals surface area contributed by atoms with Crippen molar-refractivity contribution in [1.82, 2.24) is 5.32 Å². The van der Waals surface area contributed by atoms with E-state index in [-0.39, 0.29) is 10.5 Å². The van der Waals surface area contributed by atoms with Crippen molar-refractivity contribution in [2.45, 2.75) is 4.90 Å². The van der Waals surface area contributed by atoms with Crippen molar-refractivity contribution < 1.29 is 18.3 Å². The van der Waals surface area contributed by atoms with Crippen LogP contribution in [0.15, 0.2) is 28.5 Å². The van der Waals surface area contributed by atoms with E-state index in [1.807, 2.05) is 0 Å². The zero-order valence-corrected chi connectivity index (χ0v) is 9.91. The third-order valence-corrected chi connectivity index (χ3v) is 4.10. The second-order valence-electron chi connectivity index (χ2n) is 3.70. The van der Waals surface area contributed by atoms with Gasteiger partial charge in [0.2, 0.25) is 9.84 Å². The number of hydrogen-bond donors (Lipinski definition) is 2. The third-order valence-electron chi connectivity index (χ3n) is 2.55. The molecule has 0 atom stereocenters. The highest BCUT2D eigenvalue weighted by atomic mass is 32.2. The van der Waals surface area contributed by atoms with Crippen LogP contribution < -0.4 is 5.32 Å². The summed E-state index contributed by atoms with van der Waals surface area (Å²) in [5.41, 5.74) is 0.805. The lowest BCUT2D eigenvalue weighted by atomic mass is 10.0. The molecule has 1 aromatic carbocycles. The normalized spacial score (nSPS) is 16.4. The van der Waals surface area contributed by atoms with Gasteiger partial charge < -0.3 is 10.4 Å². The van der Waals surface area contributed by atoms with E-state index in [0.717, 1.165) is 5.41 Å². The number of benzene rings is 1. The van der Waals surface area contributed by atoms with Crippen LogP contribution in [0.3, 0.4) is 0 Å². The van der Waals surface area contributed by atoms with Crippen molar-refractivity contribution in [3.63, 3.8) is 0 Å². The number of nitrogens with one attached hydrogen (secondary N) is 1. The highest BCUT2D eigenvalue weighted by Crippen LogP contribution is 2.35. The number of fused-ring (bicyclic) bond motifs is 1. The number of rotatable bonds is 3. The molecule has 1 heterocycles. The number of carbonyl (C=O) groups is 1. The highest BCUT2D eigenvalue weighted by molar-refractivity contribution is 7.95. The van der Waals surface area contributed by atoms with Gasteiger partial charge in [-0.3, -0.25) is 0 Å². The van der Waals surface area contributed by atoms with Crippen molar-refractivity contribution in [1.29, 1.82) is 0 Å². The second-order valence-corrected chi connectivity index (χ2v) is 5.47. The number of carboxylic acid groups (broad SMARTS) is 1. The molecule has 0 saturated heterocycles. The molecule has 0 amide bonds. The van der Waals surface area contributed by atoms with Crippen molar-refractivity contribution in [3.8, 4) is 0 Å². The first kappa shape index (κ1) is 11.8. The maximum atomic E-state index is 11.8. The van der Waals surface area contributed by atoms with Gasteiger partial charge in [0.15, 0.2) is 0 Å². The SMILES string of the molecule is CNCC1=CS(=O)(=O)c2cccc(C(=O)O)c21. The van der Waals surface area contributed by atoms with Crippen LogP contribution in [-0.4, -0.2) is 33.1 Å². The fraction of sp³-hybridized carbons (Fsp3) is 0.182. The minimum absolute atomic E-state index is 0.0186. The average molecular weight is 253 g/mol. The Morgan fingerprint density at radius 2 is 2.12 bits per heavy atom. The Bertz CT molecular complexity index is 616. The van der Waals surface area contributed by atoms with E-state index < -0.39 is 15.8 Å². The van der Waals surface area contributed by atoms with Crippen LogP contribution in [0.4, 0.5) is 0 Å². The number of sulfone groups is 1. The summed E-state index contributed by atoms with van der Waals surface area (Å²) in [6.07, 6.45) is 0. The Hall–Kier alpha value is -1.66. The van der Waals surface area contributed by atoms with Gasteiger partial charge in [-0.25, -0.2) is 13.2 Å². The molecular formula is C11H11NO4S. The monoisotopic (exact) mass is 253 g/mol. The molecule has 2 rings (SSSR count). The van der Waals surface area contributed by atoms with Gasteiger partial charge in [-0.2, -0.15) is 0 Å². The van der Waals surface area contributed by atoms with Crippen LogP contribution in [-0.2, 0) is 9.84 Å². The van der Waals surface area contributed by atoms with Crippen molar-refractivity contribution in [2.24, 2.45) is 0 Å². The molecule has 17 heavy (non-hydrogen) atoms. The molecular weight excluding hydrogens is 242 g/mol. The number of likely N-dealkylation sites (N-methyl/N-ethyl adjacent to an activating group) is 1. The summed E-state index contributed by atoms with van der Waals surface area (Å²) < 4.78 is 23.6. The van der Waals surface area contributed by atoms with E-state index in [0.29, 0.717) is 17.7 Å². The molecule has 0 aromatic heterocycles. The molecule has 2 N–H and O–H groups in total. The Morgan fingerprint density at radius 1 is 1.41 bits per heavy atom. The van der Waals surface area contributed by atoms with Crippen LogP contribution >= 0.6 is 0 Å². The maximum absolute atomic E-state index is 11.8. The van der Waals surface area contributed by atoms with Crippen molar-refractivity contribution in [3.05, 3.63) is 34.7 Å². The zero-order valence-electron chi connectivity index (χ0n) is 9.10. The molecule has 90 valence electrons. The van der Waals surface area contributed by atoms with E-state index in [9.17, 15) is 13.2 Å². The van der Waals surface area contributed by atoms with Gasteiger partial charge in [0.1, 0.15) is 0 Å². The van der Waals surface area contributed by atoms with E-state index in [1.165, 1.54) is 18.2 Å². The molecule has 5 nitrogen and oxygen atoms in total. The van der Waals surface area contributed by atoms with E-state index in [1.54, 1.807) is 7.05 Å². The summed E-state index contributed by atoms with van der Waals surface area (Å²) in [7, 11) is -1.82. The van der Waals surface area contributed by atoms with Gasteiger partial charge in [0, 0.05) is 17.5 Å². The Kier molecular flexibility index (Phi) is 2.76. The third kappa shape index (κ3) is 1.85. The van der Waals surface area contributed by atoms with Gasteiger partial charge in [-0.15, -0.1) is 0 Å². The fourth-order valence-corrected chi connectivity index (χ4v) is 3.40. The van der Waals surface area contributed by atoms with E-state index >= 15 is 0 Å². The first-order valence-corrected chi connectivity index (χ1v) is 6.49. The minimum atomic E-state index is -3.50. The molecule has 0 fully saturated rings. The number of aromatic carboxylic acids is 1. The summed E-state index contributed by atoms with van der Waals surface area (Å²) in [4.78, 5) is 11.2. The van der Waals surface area contributed by atoms with Crippen LogP contribution in [0.25, 0.3) is 5.57 Å². The van der Waals surface area contributed by atoms with Crippen LogP contribution in [0.2, 0.25) is 0 Å². The average Bonchev–Trinajstić information content (AvgIpc) is 2.51. The predicted molar refractivity (Wildman–Crippen MR) is 62.5 cm³/mol. The van der Waals surface area contributed by atoms with Gasteiger partial charge in [-0.05, 0) is 24.8 Å². The highest BCUT2D eigenvalue weighted by Gasteiger charge is 2.30. The summed E-state index contributed by atoms with van der Waals surface area (Å²) in [5, 5.41) is 13.0. The standard InChI is InChI=1S/C11H11NO4S/c1-12-5-7-6-17(15,16)9-4-2-3-8(10(7)9)11(13)14/h2-4,6,12H,5H2,1H3,(H,13,14). The summed E-state index contributed by atoms with van der Waals surface area (Å²) >= 11 is 0. The Labute approximate surface area is 98.7 Å².